The number of benzene rings is 2. The van der Waals surface area contributed by atoms with Crippen LogP contribution in [-0.4, -0.2) is 81.4 Å². The molecular formula is C27H29Cl2N3O5S. The summed E-state index contributed by atoms with van der Waals surface area (Å²) in [6.07, 6.45) is 5.31. The summed E-state index contributed by atoms with van der Waals surface area (Å²) in [4.78, 5) is 16.9. The molecule has 1 saturated heterocycles. The Hall–Kier alpha value is -2.82. The number of nitrogens with zero attached hydrogens (tertiary/aromatic N) is 3. The van der Waals surface area contributed by atoms with Gasteiger partial charge in [-0.25, -0.2) is 8.42 Å². The lowest BCUT2D eigenvalue weighted by molar-refractivity contribution is 0.0714. The average Bonchev–Trinajstić information content (AvgIpc) is 3.47. The number of rotatable bonds is 10. The molecule has 3 aromatic rings. The van der Waals surface area contributed by atoms with Crippen molar-refractivity contribution in [2.75, 3.05) is 52.9 Å². The van der Waals surface area contributed by atoms with Crippen molar-refractivity contribution in [2.24, 2.45) is 0 Å². The van der Waals surface area contributed by atoms with Gasteiger partial charge in [-0.15, -0.1) is 0 Å². The summed E-state index contributed by atoms with van der Waals surface area (Å²) < 4.78 is 38.4. The Labute approximate surface area is 233 Å². The van der Waals surface area contributed by atoms with Crippen LogP contribution in [0, 0.1) is 0 Å². The van der Waals surface area contributed by atoms with Crippen LogP contribution in [0.25, 0.3) is 6.08 Å². The summed E-state index contributed by atoms with van der Waals surface area (Å²) >= 11 is 12.2. The molecule has 0 radical (unpaired) electrons. The van der Waals surface area contributed by atoms with Crippen LogP contribution < -0.4 is 4.74 Å². The van der Waals surface area contributed by atoms with Crippen LogP contribution in [0.2, 0.25) is 10.0 Å². The van der Waals surface area contributed by atoms with Gasteiger partial charge in [0.25, 0.3) is 5.91 Å². The van der Waals surface area contributed by atoms with Crippen LogP contribution in [0.3, 0.4) is 0 Å². The predicted molar refractivity (Wildman–Crippen MR) is 148 cm³/mol. The van der Waals surface area contributed by atoms with Gasteiger partial charge in [0, 0.05) is 56.4 Å². The molecule has 1 aliphatic heterocycles. The number of hydrogen-bond acceptors (Lipinski definition) is 6. The number of carbonyl (C=O) groups is 1. The zero-order chi connectivity index (χ0) is 27.1. The fourth-order valence-electron chi connectivity index (χ4n) is 4.21. The summed E-state index contributed by atoms with van der Waals surface area (Å²) in [5, 5.41) is 0.456. The van der Waals surface area contributed by atoms with Crippen molar-refractivity contribution in [1.82, 2.24) is 14.1 Å². The summed E-state index contributed by atoms with van der Waals surface area (Å²) in [6, 6.07) is 15.4. The molecule has 202 valence electrons. The minimum absolute atomic E-state index is 0.0113. The molecule has 1 aromatic heterocycles. The molecule has 1 fully saturated rings. The largest absolute Gasteiger partial charge is 0.496 e. The van der Waals surface area contributed by atoms with Crippen molar-refractivity contribution in [2.45, 2.75) is 4.90 Å². The Bertz CT molecular complexity index is 1370. The zero-order valence-corrected chi connectivity index (χ0v) is 23.3. The minimum atomic E-state index is -3.76. The third-order valence-electron chi connectivity index (χ3n) is 6.31. The summed E-state index contributed by atoms with van der Waals surface area (Å²) in [5.74, 6) is 0.807. The van der Waals surface area contributed by atoms with Crippen molar-refractivity contribution < 1.29 is 22.4 Å². The molecular weight excluding hydrogens is 549 g/mol. The molecule has 4 rings (SSSR count). The number of furan rings is 1. The lowest BCUT2D eigenvalue weighted by Crippen LogP contribution is -2.50. The molecule has 11 heteroatoms. The number of methoxy groups -OCH3 is 1. The second-order valence-corrected chi connectivity index (χ2v) is 11.4. The minimum Gasteiger partial charge on any atom is -0.496 e. The van der Waals surface area contributed by atoms with Gasteiger partial charge in [-0.3, -0.25) is 9.69 Å². The molecule has 0 N–H and O–H groups in total. The third-order valence-corrected chi connectivity index (χ3v) is 8.93. The van der Waals surface area contributed by atoms with Crippen LogP contribution in [0.1, 0.15) is 16.1 Å². The van der Waals surface area contributed by atoms with Gasteiger partial charge in [-0.1, -0.05) is 53.6 Å². The van der Waals surface area contributed by atoms with Crippen LogP contribution in [0.4, 0.5) is 0 Å². The number of para-hydroxylation sites is 1. The maximum Gasteiger partial charge on any atom is 0.289 e. The van der Waals surface area contributed by atoms with Crippen molar-refractivity contribution in [1.29, 1.82) is 0 Å². The van der Waals surface area contributed by atoms with Crippen molar-refractivity contribution >= 4 is 45.2 Å². The van der Waals surface area contributed by atoms with Gasteiger partial charge >= 0.3 is 0 Å². The zero-order valence-electron chi connectivity index (χ0n) is 20.9. The molecule has 0 atom stereocenters. The SMILES string of the molecule is COc1ccccc1/C=C/CN(CCN1CCN(S(=O)(=O)c2cc(Cl)ccc2Cl)CC1)C(=O)c1ccco1. The number of amides is 1. The lowest BCUT2D eigenvalue weighted by Gasteiger charge is -2.35. The van der Waals surface area contributed by atoms with Crippen molar-refractivity contribution in [3.63, 3.8) is 0 Å². The first kappa shape index (κ1) is 28.2. The standard InChI is InChI=1S/C27H29Cl2N3O5S/c1-36-24-8-3-2-6-21(24)7-4-12-31(27(33)25-9-5-19-37-25)16-13-30-14-17-32(18-15-30)38(34,35)26-20-22(28)10-11-23(26)29/h2-11,19-20H,12-18H2,1H3/b7-4+. The number of sulfonamides is 1. The van der Waals surface area contributed by atoms with E-state index in [1.54, 1.807) is 30.2 Å². The molecule has 38 heavy (non-hydrogen) atoms. The van der Waals surface area contributed by atoms with E-state index in [9.17, 15) is 13.2 Å². The Kier molecular flexibility index (Phi) is 9.51. The molecule has 0 saturated carbocycles. The van der Waals surface area contributed by atoms with Gasteiger partial charge in [0.05, 0.1) is 18.4 Å². The third kappa shape index (κ3) is 6.78. The van der Waals surface area contributed by atoms with Gasteiger partial charge in [-0.05, 0) is 36.4 Å². The van der Waals surface area contributed by atoms with E-state index in [2.05, 4.69) is 4.90 Å². The van der Waals surface area contributed by atoms with E-state index in [0.29, 0.717) is 50.8 Å². The number of ether oxygens (including phenoxy) is 1. The van der Waals surface area contributed by atoms with E-state index in [4.69, 9.17) is 32.4 Å². The first-order chi connectivity index (χ1) is 18.3. The molecule has 0 aliphatic carbocycles. The Balaban J connectivity index is 1.38. The number of hydrogen-bond donors (Lipinski definition) is 0. The topological polar surface area (TPSA) is 83.3 Å². The normalized spacial score (nSPS) is 15.1. The number of halogens is 2. The predicted octanol–water partition coefficient (Wildman–Crippen LogP) is 4.76. The Morgan fingerprint density at radius 1 is 1.08 bits per heavy atom. The molecule has 0 bridgehead atoms. The summed E-state index contributed by atoms with van der Waals surface area (Å²) in [7, 11) is -2.14. The Morgan fingerprint density at radius 2 is 1.84 bits per heavy atom. The highest BCUT2D eigenvalue weighted by Crippen LogP contribution is 2.28. The van der Waals surface area contributed by atoms with Gasteiger partial charge in [0.2, 0.25) is 10.0 Å². The second-order valence-electron chi connectivity index (χ2n) is 8.69. The van der Waals surface area contributed by atoms with Crippen LogP contribution in [0.5, 0.6) is 5.75 Å². The number of piperazine rings is 1. The fourth-order valence-corrected chi connectivity index (χ4v) is 6.37. The molecule has 0 unspecified atom stereocenters. The summed E-state index contributed by atoms with van der Waals surface area (Å²) in [6.45, 7) is 3.08. The monoisotopic (exact) mass is 577 g/mol. The van der Waals surface area contributed by atoms with Gasteiger partial charge in [-0.2, -0.15) is 4.31 Å². The quantitative estimate of drug-likeness (QED) is 0.345. The molecule has 1 amide bonds. The Morgan fingerprint density at radius 3 is 2.55 bits per heavy atom. The van der Waals surface area contributed by atoms with Gasteiger partial charge in [0.1, 0.15) is 10.6 Å². The van der Waals surface area contributed by atoms with E-state index in [0.717, 1.165) is 11.3 Å². The van der Waals surface area contributed by atoms with E-state index in [1.165, 1.54) is 22.7 Å². The molecule has 8 nitrogen and oxygen atoms in total. The van der Waals surface area contributed by atoms with Crippen LogP contribution in [-0.2, 0) is 10.0 Å². The first-order valence-corrected chi connectivity index (χ1v) is 14.3. The average molecular weight is 579 g/mol. The maximum atomic E-state index is 13.1. The van der Waals surface area contributed by atoms with E-state index < -0.39 is 10.0 Å². The summed E-state index contributed by atoms with van der Waals surface area (Å²) in [5.41, 5.74) is 0.914. The smallest absolute Gasteiger partial charge is 0.289 e. The number of carbonyl (C=O) groups excluding carboxylic acids is 1. The first-order valence-electron chi connectivity index (χ1n) is 12.1. The van der Waals surface area contributed by atoms with E-state index in [-0.39, 0.29) is 21.6 Å². The highest BCUT2D eigenvalue weighted by molar-refractivity contribution is 7.89. The van der Waals surface area contributed by atoms with Gasteiger partial charge in [0.15, 0.2) is 5.76 Å². The van der Waals surface area contributed by atoms with Crippen molar-refractivity contribution in [3.8, 4) is 5.75 Å². The van der Waals surface area contributed by atoms with E-state index in [1.807, 2.05) is 36.4 Å². The molecule has 2 aromatic carbocycles. The highest BCUT2D eigenvalue weighted by Gasteiger charge is 2.30. The van der Waals surface area contributed by atoms with Crippen molar-refractivity contribution in [3.05, 3.63) is 88.3 Å². The fraction of sp³-hybridized carbons (Fsp3) is 0.296. The molecule has 0 spiro atoms. The van der Waals surface area contributed by atoms with Crippen LogP contribution >= 0.6 is 23.2 Å². The van der Waals surface area contributed by atoms with E-state index >= 15 is 0 Å². The molecule has 2 heterocycles. The van der Waals surface area contributed by atoms with Gasteiger partial charge < -0.3 is 14.1 Å². The molecule has 1 aliphatic rings. The highest BCUT2D eigenvalue weighted by atomic mass is 35.5. The maximum absolute atomic E-state index is 13.1. The van der Waals surface area contributed by atoms with Crippen LogP contribution in [0.15, 0.2) is 76.2 Å². The lowest BCUT2D eigenvalue weighted by atomic mass is 10.2. The second kappa shape index (κ2) is 12.8.